The van der Waals surface area contributed by atoms with E-state index in [4.69, 9.17) is 0 Å². The van der Waals surface area contributed by atoms with Crippen LogP contribution in [0.3, 0.4) is 0 Å². The fraction of sp³-hybridized carbons (Fsp3) is 0.407. The van der Waals surface area contributed by atoms with Crippen molar-refractivity contribution in [2.24, 2.45) is 0 Å². The van der Waals surface area contributed by atoms with Crippen LogP contribution >= 0.6 is 0 Å². The summed E-state index contributed by atoms with van der Waals surface area (Å²) in [6, 6.07) is 21.2. The monoisotopic (exact) mass is 487 g/mol. The lowest BCUT2D eigenvalue weighted by Crippen LogP contribution is -2.49. The third kappa shape index (κ3) is 5.03. The summed E-state index contributed by atoms with van der Waals surface area (Å²) in [6.07, 6.45) is 1.48. The predicted molar refractivity (Wildman–Crippen MR) is 142 cm³/mol. The summed E-state index contributed by atoms with van der Waals surface area (Å²) in [5, 5.41) is 12.2. The minimum atomic E-state index is -0.306. The number of nitro groups is 1. The molecule has 2 fully saturated rings. The van der Waals surface area contributed by atoms with Gasteiger partial charge in [-0.2, -0.15) is 0 Å². The Morgan fingerprint density at radius 2 is 1.25 bits per heavy atom. The lowest BCUT2D eigenvalue weighted by atomic mass is 9.96. The molecule has 0 atom stereocenters. The summed E-state index contributed by atoms with van der Waals surface area (Å²) >= 11 is 0. The fourth-order valence-corrected chi connectivity index (χ4v) is 5.34. The molecule has 5 rings (SSSR count). The summed E-state index contributed by atoms with van der Waals surface area (Å²) < 4.78 is 0. The van der Waals surface area contributed by atoms with Crippen molar-refractivity contribution in [3.05, 3.63) is 88.2 Å². The van der Waals surface area contributed by atoms with Gasteiger partial charge in [-0.05, 0) is 17.7 Å². The third-order valence-electron chi connectivity index (χ3n) is 7.29. The van der Waals surface area contributed by atoms with E-state index in [1.165, 1.54) is 17.5 Å². The molecule has 2 saturated heterocycles. The lowest BCUT2D eigenvalue weighted by Gasteiger charge is -2.40. The Morgan fingerprint density at radius 3 is 1.69 bits per heavy atom. The molecule has 2 aromatic carbocycles. The highest BCUT2D eigenvalue weighted by Gasteiger charge is 2.34. The standard InChI is InChI=1S/C27H33N7O2/c1-2-30-13-15-32(16-14-30)26-25(34(35)36)27(29-21-28-26)33-19-17-31(18-20-33)24(22-9-5-3-6-10-22)23-11-7-4-8-12-23/h3-12,21,24H,2,13-20H2,1H3. The number of likely N-dealkylation sites (N-methyl/N-ethyl adjacent to an activating group) is 1. The molecule has 0 N–H and O–H groups in total. The van der Waals surface area contributed by atoms with Crippen LogP contribution in [0, 0.1) is 10.1 Å². The second-order valence-corrected chi connectivity index (χ2v) is 9.29. The first-order chi connectivity index (χ1) is 17.7. The van der Waals surface area contributed by atoms with E-state index in [0.717, 1.165) is 45.8 Å². The quantitative estimate of drug-likeness (QED) is 0.370. The highest BCUT2D eigenvalue weighted by molar-refractivity contribution is 5.71. The highest BCUT2D eigenvalue weighted by atomic mass is 16.6. The van der Waals surface area contributed by atoms with Crippen LogP contribution in [0.4, 0.5) is 17.3 Å². The number of rotatable bonds is 7. The molecule has 0 radical (unpaired) electrons. The van der Waals surface area contributed by atoms with E-state index in [1.54, 1.807) is 0 Å². The van der Waals surface area contributed by atoms with Gasteiger partial charge in [0.15, 0.2) is 0 Å². The second-order valence-electron chi connectivity index (χ2n) is 9.29. The number of piperazine rings is 2. The second kappa shape index (κ2) is 11.0. The molecular weight excluding hydrogens is 454 g/mol. The number of benzene rings is 2. The Bertz CT molecular complexity index is 1110. The first-order valence-corrected chi connectivity index (χ1v) is 12.7. The van der Waals surface area contributed by atoms with Gasteiger partial charge >= 0.3 is 5.69 Å². The molecule has 0 aliphatic carbocycles. The van der Waals surface area contributed by atoms with E-state index in [-0.39, 0.29) is 16.7 Å². The zero-order valence-corrected chi connectivity index (χ0v) is 20.7. The Kier molecular flexibility index (Phi) is 7.39. The lowest BCUT2D eigenvalue weighted by molar-refractivity contribution is -0.383. The van der Waals surface area contributed by atoms with Crippen molar-refractivity contribution in [2.75, 3.05) is 68.7 Å². The van der Waals surface area contributed by atoms with Gasteiger partial charge in [0.25, 0.3) is 0 Å². The smallest absolute Gasteiger partial charge is 0.348 e. The van der Waals surface area contributed by atoms with Gasteiger partial charge in [-0.1, -0.05) is 67.6 Å². The van der Waals surface area contributed by atoms with E-state index in [9.17, 15) is 10.1 Å². The van der Waals surface area contributed by atoms with Crippen molar-refractivity contribution in [1.29, 1.82) is 0 Å². The SMILES string of the molecule is CCN1CCN(c2ncnc(N3CCN(C(c4ccccc4)c4ccccc4)CC3)c2[N+](=O)[O-])CC1. The van der Waals surface area contributed by atoms with Crippen LogP contribution in [0.2, 0.25) is 0 Å². The fourth-order valence-electron chi connectivity index (χ4n) is 5.34. The first-order valence-electron chi connectivity index (χ1n) is 12.7. The van der Waals surface area contributed by atoms with Gasteiger partial charge < -0.3 is 14.7 Å². The van der Waals surface area contributed by atoms with Gasteiger partial charge in [-0.15, -0.1) is 0 Å². The normalized spacial score (nSPS) is 17.5. The molecule has 3 heterocycles. The zero-order chi connectivity index (χ0) is 24.9. The summed E-state index contributed by atoms with van der Waals surface area (Å²) in [6.45, 7) is 9.23. The molecule has 1 aromatic heterocycles. The molecule has 0 spiro atoms. The average Bonchev–Trinajstić information content (AvgIpc) is 2.94. The van der Waals surface area contributed by atoms with Gasteiger partial charge in [0.05, 0.1) is 11.0 Å². The van der Waals surface area contributed by atoms with Crippen LogP contribution in [0.5, 0.6) is 0 Å². The van der Waals surface area contributed by atoms with Crippen molar-refractivity contribution in [1.82, 2.24) is 19.8 Å². The van der Waals surface area contributed by atoms with Gasteiger partial charge in [0.1, 0.15) is 6.33 Å². The highest BCUT2D eigenvalue weighted by Crippen LogP contribution is 2.36. The number of anilines is 2. The Hall–Kier alpha value is -3.56. The molecule has 0 unspecified atom stereocenters. The Balaban J connectivity index is 1.37. The van der Waals surface area contributed by atoms with E-state index in [1.807, 2.05) is 17.0 Å². The molecule has 0 bridgehead atoms. The molecular formula is C27H33N7O2. The summed E-state index contributed by atoms with van der Waals surface area (Å²) in [7, 11) is 0. The van der Waals surface area contributed by atoms with Crippen molar-refractivity contribution in [2.45, 2.75) is 13.0 Å². The van der Waals surface area contributed by atoms with Gasteiger partial charge in [-0.25, -0.2) is 9.97 Å². The zero-order valence-electron chi connectivity index (χ0n) is 20.7. The molecule has 0 amide bonds. The summed E-state index contributed by atoms with van der Waals surface area (Å²) in [5.41, 5.74) is 2.52. The van der Waals surface area contributed by atoms with Crippen molar-refractivity contribution < 1.29 is 4.92 Å². The van der Waals surface area contributed by atoms with Gasteiger partial charge in [0.2, 0.25) is 11.6 Å². The Morgan fingerprint density at radius 1 is 0.778 bits per heavy atom. The third-order valence-corrected chi connectivity index (χ3v) is 7.29. The van der Waals surface area contributed by atoms with Crippen LogP contribution in [0.25, 0.3) is 0 Å². The molecule has 9 heteroatoms. The van der Waals surface area contributed by atoms with E-state index in [2.05, 4.69) is 80.1 Å². The molecule has 2 aliphatic heterocycles. The minimum absolute atomic E-state index is 0.0265. The summed E-state index contributed by atoms with van der Waals surface area (Å²) in [5.74, 6) is 0.869. The van der Waals surface area contributed by atoms with Gasteiger partial charge in [0, 0.05) is 52.4 Å². The number of hydrogen-bond acceptors (Lipinski definition) is 8. The van der Waals surface area contributed by atoms with Crippen molar-refractivity contribution in [3.8, 4) is 0 Å². The predicted octanol–water partition coefficient (Wildman–Crippen LogP) is 3.44. The van der Waals surface area contributed by atoms with Crippen molar-refractivity contribution in [3.63, 3.8) is 0 Å². The molecule has 188 valence electrons. The topological polar surface area (TPSA) is 81.9 Å². The Labute approximate surface area is 212 Å². The van der Waals surface area contributed by atoms with E-state index >= 15 is 0 Å². The number of aromatic nitrogens is 2. The van der Waals surface area contributed by atoms with Crippen molar-refractivity contribution >= 4 is 17.3 Å². The maximum absolute atomic E-state index is 12.2. The maximum Gasteiger partial charge on any atom is 0.353 e. The van der Waals surface area contributed by atoms with E-state index in [0.29, 0.717) is 24.7 Å². The van der Waals surface area contributed by atoms with Crippen LogP contribution < -0.4 is 9.80 Å². The van der Waals surface area contributed by atoms with Gasteiger partial charge in [-0.3, -0.25) is 15.0 Å². The van der Waals surface area contributed by atoms with Crippen LogP contribution in [-0.4, -0.2) is 83.6 Å². The average molecular weight is 488 g/mol. The molecule has 36 heavy (non-hydrogen) atoms. The molecule has 2 aliphatic rings. The summed E-state index contributed by atoms with van der Waals surface area (Å²) in [4.78, 5) is 29.6. The molecule has 0 saturated carbocycles. The minimum Gasteiger partial charge on any atom is -0.348 e. The van der Waals surface area contributed by atoms with Crippen LogP contribution in [0.1, 0.15) is 24.1 Å². The van der Waals surface area contributed by atoms with Crippen LogP contribution in [-0.2, 0) is 0 Å². The van der Waals surface area contributed by atoms with Crippen LogP contribution in [0.15, 0.2) is 67.0 Å². The van der Waals surface area contributed by atoms with E-state index < -0.39 is 0 Å². The first kappa shape index (κ1) is 24.1. The maximum atomic E-state index is 12.2. The number of hydrogen-bond donors (Lipinski definition) is 0. The largest absolute Gasteiger partial charge is 0.353 e. The molecule has 9 nitrogen and oxygen atoms in total. The number of nitrogens with zero attached hydrogens (tertiary/aromatic N) is 7. The molecule has 3 aromatic rings.